The molecule has 2 heterocycles. The van der Waals surface area contributed by atoms with Gasteiger partial charge in [-0.15, -0.1) is 0 Å². The van der Waals surface area contributed by atoms with E-state index in [0.717, 1.165) is 5.75 Å². The summed E-state index contributed by atoms with van der Waals surface area (Å²) < 4.78 is 0. The molecule has 2 rings (SSSR count). The first-order chi connectivity index (χ1) is 5.63. The van der Waals surface area contributed by atoms with E-state index in [2.05, 4.69) is 0 Å². The maximum Gasteiger partial charge on any atom is 0.320 e. The Morgan fingerprint density at radius 3 is 2.58 bits per heavy atom. The summed E-state index contributed by atoms with van der Waals surface area (Å²) in [6.45, 7) is 0. The van der Waals surface area contributed by atoms with E-state index >= 15 is 0 Å². The third kappa shape index (κ3) is 0.798. The highest BCUT2D eigenvalue weighted by molar-refractivity contribution is 8.14. The van der Waals surface area contributed by atoms with Crippen LogP contribution in [0.5, 0.6) is 0 Å². The fourth-order valence-electron chi connectivity index (χ4n) is 1.75. The third-order valence-corrected chi connectivity index (χ3v) is 3.55. The standard InChI is InChI=1S/C7H10N2O2S/c1-8-4-3-12-6(10)5(4)9(2)7(8)11/h4-5H,3H2,1-2H3. The molecule has 0 radical (unpaired) electrons. The Labute approximate surface area is 74.9 Å². The van der Waals surface area contributed by atoms with E-state index in [1.165, 1.54) is 16.7 Å². The smallest absolute Gasteiger partial charge is 0.320 e. The quantitative estimate of drug-likeness (QED) is 0.500. The van der Waals surface area contributed by atoms with Gasteiger partial charge in [-0.2, -0.15) is 0 Å². The first-order valence-corrected chi connectivity index (χ1v) is 4.77. The lowest BCUT2D eigenvalue weighted by atomic mass is 10.2. The van der Waals surface area contributed by atoms with Gasteiger partial charge in [-0.3, -0.25) is 4.79 Å². The van der Waals surface area contributed by atoms with Crippen molar-refractivity contribution in [2.45, 2.75) is 12.1 Å². The monoisotopic (exact) mass is 186 g/mol. The maximum absolute atomic E-state index is 11.4. The molecule has 2 aliphatic heterocycles. The Morgan fingerprint density at radius 2 is 2.00 bits per heavy atom. The summed E-state index contributed by atoms with van der Waals surface area (Å²) in [6.07, 6.45) is 0. The number of carbonyl (C=O) groups excluding carboxylic acids is 2. The second-order valence-electron chi connectivity index (χ2n) is 3.15. The van der Waals surface area contributed by atoms with Crippen molar-refractivity contribution in [3.8, 4) is 0 Å². The van der Waals surface area contributed by atoms with E-state index in [4.69, 9.17) is 0 Å². The van der Waals surface area contributed by atoms with Gasteiger partial charge in [0.1, 0.15) is 6.04 Å². The number of urea groups is 1. The van der Waals surface area contributed by atoms with Gasteiger partial charge in [0.25, 0.3) is 0 Å². The molecule has 2 saturated heterocycles. The minimum atomic E-state index is -0.201. The first kappa shape index (κ1) is 7.91. The van der Waals surface area contributed by atoms with Crippen molar-refractivity contribution in [1.82, 2.24) is 9.80 Å². The fraction of sp³-hybridized carbons (Fsp3) is 0.714. The molecule has 2 fully saturated rings. The predicted octanol–water partition coefficient (Wildman–Crippen LogP) is -0.00580. The molecule has 0 saturated carbocycles. The first-order valence-electron chi connectivity index (χ1n) is 3.79. The van der Waals surface area contributed by atoms with Gasteiger partial charge in [0, 0.05) is 19.8 Å². The Kier molecular flexibility index (Phi) is 1.57. The van der Waals surface area contributed by atoms with Gasteiger partial charge < -0.3 is 9.80 Å². The molecule has 0 spiro atoms. The van der Waals surface area contributed by atoms with Crippen LogP contribution < -0.4 is 0 Å². The Bertz CT molecular complexity index is 256. The minimum Gasteiger partial charge on any atom is -0.321 e. The fourth-order valence-corrected chi connectivity index (χ4v) is 2.98. The van der Waals surface area contributed by atoms with Crippen LogP contribution in [0.25, 0.3) is 0 Å². The number of hydrogen-bond acceptors (Lipinski definition) is 3. The van der Waals surface area contributed by atoms with Crippen LogP contribution in [0, 0.1) is 0 Å². The van der Waals surface area contributed by atoms with Gasteiger partial charge in [0.15, 0.2) is 0 Å². The Morgan fingerprint density at radius 1 is 1.33 bits per heavy atom. The number of carbonyl (C=O) groups is 2. The van der Waals surface area contributed by atoms with Crippen LogP contribution in [0.2, 0.25) is 0 Å². The SMILES string of the molecule is CN1C(=O)N(C)C2C(=O)SCC21. The second kappa shape index (κ2) is 2.39. The third-order valence-electron chi connectivity index (χ3n) is 2.52. The van der Waals surface area contributed by atoms with Gasteiger partial charge in [-0.1, -0.05) is 11.8 Å². The van der Waals surface area contributed by atoms with Gasteiger partial charge in [-0.25, -0.2) is 4.79 Å². The van der Waals surface area contributed by atoms with Crippen molar-refractivity contribution in [2.75, 3.05) is 19.8 Å². The zero-order valence-corrected chi connectivity index (χ0v) is 7.80. The maximum atomic E-state index is 11.4. The molecule has 0 aliphatic carbocycles. The lowest BCUT2D eigenvalue weighted by molar-refractivity contribution is -0.113. The van der Waals surface area contributed by atoms with Crippen molar-refractivity contribution in [1.29, 1.82) is 0 Å². The molecular formula is C7H10N2O2S. The predicted molar refractivity (Wildman–Crippen MR) is 46.0 cm³/mol. The minimum absolute atomic E-state index is 0.0429. The van der Waals surface area contributed by atoms with E-state index < -0.39 is 0 Å². The lowest BCUT2D eigenvalue weighted by Crippen LogP contribution is -2.35. The van der Waals surface area contributed by atoms with E-state index in [1.807, 2.05) is 0 Å². The number of hydrogen-bond donors (Lipinski definition) is 0. The number of amides is 2. The average Bonchev–Trinajstić information content (AvgIpc) is 2.51. The van der Waals surface area contributed by atoms with Crippen LogP contribution in [0.15, 0.2) is 0 Å². The zero-order valence-electron chi connectivity index (χ0n) is 6.98. The van der Waals surface area contributed by atoms with E-state index in [1.54, 1.807) is 19.0 Å². The lowest BCUT2D eigenvalue weighted by Gasteiger charge is -2.13. The zero-order chi connectivity index (χ0) is 8.88. The molecule has 4 nitrogen and oxygen atoms in total. The molecule has 0 bridgehead atoms. The summed E-state index contributed by atoms with van der Waals surface area (Å²) in [4.78, 5) is 25.8. The van der Waals surface area contributed by atoms with E-state index in [0.29, 0.717) is 0 Å². The highest BCUT2D eigenvalue weighted by Gasteiger charge is 2.49. The summed E-state index contributed by atoms with van der Waals surface area (Å²) in [7, 11) is 3.44. The Balaban J connectivity index is 2.32. The number of nitrogens with zero attached hydrogens (tertiary/aromatic N) is 2. The number of thioether (sulfide) groups is 1. The largest absolute Gasteiger partial charge is 0.321 e. The van der Waals surface area contributed by atoms with Gasteiger partial charge in [0.2, 0.25) is 5.12 Å². The van der Waals surface area contributed by atoms with Crippen molar-refractivity contribution >= 4 is 22.9 Å². The summed E-state index contributed by atoms with van der Waals surface area (Å²) >= 11 is 1.32. The molecule has 5 heteroatoms. The molecule has 0 aromatic rings. The van der Waals surface area contributed by atoms with Crippen molar-refractivity contribution in [3.63, 3.8) is 0 Å². The normalized spacial score (nSPS) is 34.8. The van der Waals surface area contributed by atoms with Gasteiger partial charge >= 0.3 is 6.03 Å². The summed E-state index contributed by atoms with van der Waals surface area (Å²) in [5, 5.41) is 0.125. The van der Waals surface area contributed by atoms with Crippen molar-refractivity contribution < 1.29 is 9.59 Å². The van der Waals surface area contributed by atoms with Crippen LogP contribution in [-0.4, -0.2) is 52.9 Å². The molecular weight excluding hydrogens is 176 g/mol. The van der Waals surface area contributed by atoms with Crippen molar-refractivity contribution in [3.05, 3.63) is 0 Å². The topological polar surface area (TPSA) is 40.6 Å². The summed E-state index contributed by atoms with van der Waals surface area (Å²) in [5.41, 5.74) is 0. The van der Waals surface area contributed by atoms with Crippen LogP contribution in [0.4, 0.5) is 4.79 Å². The van der Waals surface area contributed by atoms with Crippen LogP contribution in [0.3, 0.4) is 0 Å². The molecule has 2 aliphatic rings. The summed E-state index contributed by atoms with van der Waals surface area (Å²) in [6, 6.07) is -0.147. The molecule has 2 atom stereocenters. The van der Waals surface area contributed by atoms with Crippen molar-refractivity contribution in [2.24, 2.45) is 0 Å². The van der Waals surface area contributed by atoms with Crippen LogP contribution in [-0.2, 0) is 4.79 Å². The van der Waals surface area contributed by atoms with Crippen LogP contribution in [0.1, 0.15) is 0 Å². The average molecular weight is 186 g/mol. The molecule has 0 aromatic heterocycles. The number of rotatable bonds is 0. The molecule has 66 valence electrons. The molecule has 12 heavy (non-hydrogen) atoms. The Hall–Kier alpha value is -0.710. The summed E-state index contributed by atoms with van der Waals surface area (Å²) in [5.74, 6) is 0.746. The second-order valence-corrected chi connectivity index (χ2v) is 4.17. The highest BCUT2D eigenvalue weighted by atomic mass is 32.2. The molecule has 2 amide bonds. The van der Waals surface area contributed by atoms with Gasteiger partial charge in [0.05, 0.1) is 6.04 Å². The number of likely N-dealkylation sites (N-methyl/N-ethyl adjacent to an activating group) is 2. The molecule has 2 unspecified atom stereocenters. The van der Waals surface area contributed by atoms with Crippen LogP contribution >= 0.6 is 11.8 Å². The van der Waals surface area contributed by atoms with Gasteiger partial charge in [-0.05, 0) is 0 Å². The molecule has 0 aromatic carbocycles. The highest BCUT2D eigenvalue weighted by Crippen LogP contribution is 2.32. The molecule has 0 N–H and O–H groups in total. The number of fused-ring (bicyclic) bond motifs is 1. The van der Waals surface area contributed by atoms with E-state index in [9.17, 15) is 9.59 Å². The van der Waals surface area contributed by atoms with E-state index in [-0.39, 0.29) is 23.2 Å².